The first-order chi connectivity index (χ1) is 17.2. The summed E-state index contributed by atoms with van der Waals surface area (Å²) < 4.78 is 6.82. The number of hydrogen-bond donors (Lipinski definition) is 2. The van der Waals surface area contributed by atoms with Crippen LogP contribution >= 0.6 is 0 Å². The molecule has 0 fully saturated rings. The molecular formula is C32H22O3. The summed E-state index contributed by atoms with van der Waals surface area (Å²) in [5.74, 6) is 1.35. The number of phenolic OH excluding ortho intramolecular Hbond substituents is 2. The second kappa shape index (κ2) is 8.54. The Balaban J connectivity index is 1.70. The molecule has 0 spiro atoms. The summed E-state index contributed by atoms with van der Waals surface area (Å²) >= 11 is 0. The van der Waals surface area contributed by atoms with Crippen LogP contribution in [-0.4, -0.2) is 10.2 Å². The van der Waals surface area contributed by atoms with Gasteiger partial charge in [0.25, 0.3) is 0 Å². The van der Waals surface area contributed by atoms with E-state index >= 15 is 0 Å². The van der Waals surface area contributed by atoms with Crippen molar-refractivity contribution in [3.8, 4) is 45.3 Å². The lowest BCUT2D eigenvalue weighted by atomic mass is 9.96. The summed E-state index contributed by atoms with van der Waals surface area (Å²) in [4.78, 5) is 0. The fraction of sp³-hybridized carbons (Fsp3) is 0. The maximum absolute atomic E-state index is 11.1. The zero-order valence-electron chi connectivity index (χ0n) is 18.8. The first-order valence-electron chi connectivity index (χ1n) is 11.5. The van der Waals surface area contributed by atoms with Crippen molar-refractivity contribution in [2.75, 3.05) is 0 Å². The van der Waals surface area contributed by atoms with Crippen LogP contribution in [0.4, 0.5) is 0 Å². The zero-order chi connectivity index (χ0) is 23.8. The van der Waals surface area contributed by atoms with E-state index in [1.54, 1.807) is 12.1 Å². The highest BCUT2D eigenvalue weighted by atomic mass is 16.5. The highest BCUT2D eigenvalue weighted by Crippen LogP contribution is 2.50. The Morgan fingerprint density at radius 3 is 1.23 bits per heavy atom. The molecule has 0 atom stereocenters. The highest BCUT2D eigenvalue weighted by molar-refractivity contribution is 6.02. The van der Waals surface area contributed by atoms with Crippen LogP contribution in [-0.2, 0) is 0 Å². The Kier molecular flexibility index (Phi) is 5.08. The lowest BCUT2D eigenvalue weighted by Gasteiger charge is -2.20. The molecule has 0 radical (unpaired) electrons. The minimum atomic E-state index is 0.135. The Morgan fingerprint density at radius 1 is 0.429 bits per heavy atom. The van der Waals surface area contributed by atoms with E-state index in [-0.39, 0.29) is 11.5 Å². The SMILES string of the molecule is Oc1cc2ccccc2c(Oc2c(-c3ccccc3)c(O)cc3ccccc23)c1-c1ccccc1. The smallest absolute Gasteiger partial charge is 0.146 e. The van der Waals surface area contributed by atoms with Crippen molar-refractivity contribution in [3.63, 3.8) is 0 Å². The van der Waals surface area contributed by atoms with Crippen LogP contribution in [0.1, 0.15) is 0 Å². The van der Waals surface area contributed by atoms with Gasteiger partial charge in [-0.1, -0.05) is 109 Å². The third-order valence-electron chi connectivity index (χ3n) is 6.29. The molecule has 0 aliphatic rings. The second-order valence-electron chi connectivity index (χ2n) is 8.48. The number of aromatic hydroxyl groups is 2. The van der Waals surface area contributed by atoms with E-state index in [0.29, 0.717) is 22.6 Å². The largest absolute Gasteiger partial charge is 0.507 e. The van der Waals surface area contributed by atoms with Crippen molar-refractivity contribution in [2.45, 2.75) is 0 Å². The van der Waals surface area contributed by atoms with Crippen molar-refractivity contribution < 1.29 is 14.9 Å². The monoisotopic (exact) mass is 454 g/mol. The van der Waals surface area contributed by atoms with Crippen molar-refractivity contribution in [2.24, 2.45) is 0 Å². The lowest BCUT2D eigenvalue weighted by Crippen LogP contribution is -1.95. The molecule has 0 amide bonds. The molecule has 0 aliphatic carbocycles. The van der Waals surface area contributed by atoms with Crippen LogP contribution in [0.2, 0.25) is 0 Å². The van der Waals surface area contributed by atoms with Gasteiger partial charge < -0.3 is 14.9 Å². The maximum atomic E-state index is 11.1. The van der Waals surface area contributed by atoms with Gasteiger partial charge in [-0.3, -0.25) is 0 Å². The van der Waals surface area contributed by atoms with E-state index in [2.05, 4.69) is 0 Å². The predicted octanol–water partition coefficient (Wildman–Crippen LogP) is 8.53. The lowest BCUT2D eigenvalue weighted by molar-refractivity contribution is 0.457. The Morgan fingerprint density at radius 2 is 0.800 bits per heavy atom. The summed E-state index contributed by atoms with van der Waals surface area (Å²) in [5, 5.41) is 25.8. The first kappa shape index (κ1) is 20.8. The van der Waals surface area contributed by atoms with E-state index in [1.165, 1.54) is 0 Å². The number of ether oxygens (including phenoxy) is 1. The van der Waals surface area contributed by atoms with E-state index in [4.69, 9.17) is 4.74 Å². The molecular weight excluding hydrogens is 432 g/mol. The van der Waals surface area contributed by atoms with Crippen molar-refractivity contribution in [1.82, 2.24) is 0 Å². The third kappa shape index (κ3) is 3.64. The summed E-state index contributed by atoms with van der Waals surface area (Å²) in [5.41, 5.74) is 2.90. The second-order valence-corrected chi connectivity index (χ2v) is 8.48. The number of benzene rings is 6. The van der Waals surface area contributed by atoms with Crippen LogP contribution in [0.15, 0.2) is 121 Å². The number of phenols is 2. The van der Waals surface area contributed by atoms with Gasteiger partial charge in [0.2, 0.25) is 0 Å². The molecule has 6 rings (SSSR count). The number of hydrogen-bond acceptors (Lipinski definition) is 3. The standard InChI is InChI=1S/C32H22O3/c33-27-19-23-15-7-9-17-25(23)31(29(27)21-11-3-1-4-12-21)35-32-26-18-10-8-16-24(26)20-28(34)30(32)22-13-5-2-6-14-22/h1-20,33-34H. The normalized spacial score (nSPS) is 11.1. The van der Waals surface area contributed by atoms with Crippen LogP contribution in [0, 0.1) is 0 Å². The average Bonchev–Trinajstić information content (AvgIpc) is 2.89. The molecule has 0 saturated carbocycles. The topological polar surface area (TPSA) is 49.7 Å². The Bertz CT molecular complexity index is 1550. The number of fused-ring (bicyclic) bond motifs is 2. The maximum Gasteiger partial charge on any atom is 0.146 e. The minimum Gasteiger partial charge on any atom is -0.507 e. The van der Waals surface area contributed by atoms with Gasteiger partial charge in [-0.15, -0.1) is 0 Å². The molecule has 0 bridgehead atoms. The molecule has 6 aromatic rings. The average molecular weight is 455 g/mol. The van der Waals surface area contributed by atoms with Crippen LogP contribution in [0.5, 0.6) is 23.0 Å². The van der Waals surface area contributed by atoms with E-state index in [0.717, 1.165) is 32.7 Å². The minimum absolute atomic E-state index is 0.135. The molecule has 0 unspecified atom stereocenters. The summed E-state index contributed by atoms with van der Waals surface area (Å²) in [6.45, 7) is 0. The Hall–Kier alpha value is -4.76. The summed E-state index contributed by atoms with van der Waals surface area (Å²) in [6, 6.07) is 38.7. The van der Waals surface area contributed by atoms with E-state index < -0.39 is 0 Å². The molecule has 2 N–H and O–H groups in total. The van der Waals surface area contributed by atoms with E-state index in [1.807, 2.05) is 109 Å². The molecule has 0 saturated heterocycles. The van der Waals surface area contributed by atoms with Crippen molar-refractivity contribution in [1.29, 1.82) is 0 Å². The van der Waals surface area contributed by atoms with Gasteiger partial charge in [-0.25, -0.2) is 0 Å². The van der Waals surface area contributed by atoms with Crippen LogP contribution in [0.25, 0.3) is 43.8 Å². The molecule has 0 aromatic heterocycles. The molecule has 0 aliphatic heterocycles. The summed E-state index contributed by atoms with van der Waals surface area (Å²) in [6.07, 6.45) is 0. The van der Waals surface area contributed by atoms with Crippen molar-refractivity contribution in [3.05, 3.63) is 121 Å². The van der Waals surface area contributed by atoms with Crippen molar-refractivity contribution >= 4 is 21.5 Å². The number of rotatable bonds is 4. The molecule has 35 heavy (non-hydrogen) atoms. The van der Waals surface area contributed by atoms with Gasteiger partial charge in [-0.2, -0.15) is 0 Å². The fourth-order valence-electron chi connectivity index (χ4n) is 4.68. The fourth-order valence-corrected chi connectivity index (χ4v) is 4.68. The quantitative estimate of drug-likeness (QED) is 0.281. The molecule has 0 heterocycles. The molecule has 3 heteroatoms. The molecule has 3 nitrogen and oxygen atoms in total. The van der Waals surface area contributed by atoms with Crippen LogP contribution < -0.4 is 4.74 Å². The van der Waals surface area contributed by atoms with Gasteiger partial charge in [0.15, 0.2) is 0 Å². The van der Waals surface area contributed by atoms with Gasteiger partial charge in [0.05, 0.1) is 11.1 Å². The summed E-state index contributed by atoms with van der Waals surface area (Å²) in [7, 11) is 0. The zero-order valence-corrected chi connectivity index (χ0v) is 18.8. The van der Waals surface area contributed by atoms with Gasteiger partial charge in [0, 0.05) is 10.8 Å². The highest BCUT2D eigenvalue weighted by Gasteiger charge is 2.22. The third-order valence-corrected chi connectivity index (χ3v) is 6.29. The van der Waals surface area contributed by atoms with Crippen LogP contribution in [0.3, 0.4) is 0 Å². The van der Waals surface area contributed by atoms with Gasteiger partial charge >= 0.3 is 0 Å². The predicted molar refractivity (Wildman–Crippen MR) is 142 cm³/mol. The van der Waals surface area contributed by atoms with E-state index in [9.17, 15) is 10.2 Å². The van der Waals surface area contributed by atoms with Gasteiger partial charge in [0.1, 0.15) is 23.0 Å². The van der Waals surface area contributed by atoms with Gasteiger partial charge in [-0.05, 0) is 34.0 Å². The first-order valence-corrected chi connectivity index (χ1v) is 11.5. The molecule has 168 valence electrons. The molecule has 6 aromatic carbocycles. The Labute approximate surface area is 203 Å².